The van der Waals surface area contributed by atoms with Crippen LogP contribution in [0.5, 0.6) is 0 Å². The van der Waals surface area contributed by atoms with Crippen LogP contribution in [-0.4, -0.2) is 6.04 Å². The van der Waals surface area contributed by atoms with Crippen molar-refractivity contribution in [2.24, 2.45) is 5.92 Å². The van der Waals surface area contributed by atoms with Gasteiger partial charge in [0, 0.05) is 18.2 Å². The highest BCUT2D eigenvalue weighted by Crippen LogP contribution is 2.25. The second kappa shape index (κ2) is 6.99. The van der Waals surface area contributed by atoms with E-state index in [1.54, 1.807) is 0 Å². The molecule has 1 aromatic carbocycles. The summed E-state index contributed by atoms with van der Waals surface area (Å²) in [7, 11) is 0. The second-order valence-corrected chi connectivity index (χ2v) is 5.62. The van der Waals surface area contributed by atoms with E-state index in [9.17, 15) is 8.78 Å². The Hall–Kier alpha value is -0.960. The monoisotopic (exact) mass is 267 g/mol. The predicted molar refractivity (Wildman–Crippen MR) is 73.9 cm³/mol. The highest BCUT2D eigenvalue weighted by molar-refractivity contribution is 5.19. The van der Waals surface area contributed by atoms with Crippen molar-refractivity contribution in [2.45, 2.75) is 58.0 Å². The Morgan fingerprint density at radius 3 is 2.26 bits per heavy atom. The van der Waals surface area contributed by atoms with Crippen LogP contribution in [0.25, 0.3) is 0 Å². The van der Waals surface area contributed by atoms with Gasteiger partial charge >= 0.3 is 0 Å². The van der Waals surface area contributed by atoms with Gasteiger partial charge in [-0.1, -0.05) is 31.7 Å². The Morgan fingerprint density at radius 2 is 1.68 bits per heavy atom. The summed E-state index contributed by atoms with van der Waals surface area (Å²) in [5.41, 5.74) is 0.156. The largest absolute Gasteiger partial charge is 0.310 e. The average molecular weight is 267 g/mol. The van der Waals surface area contributed by atoms with Crippen molar-refractivity contribution in [3.05, 3.63) is 35.4 Å². The number of nitrogens with one attached hydrogen (secondary N) is 1. The van der Waals surface area contributed by atoms with Gasteiger partial charge in [0.05, 0.1) is 0 Å². The normalized spacial score (nSPS) is 19.1. The van der Waals surface area contributed by atoms with Crippen LogP contribution < -0.4 is 5.32 Å². The van der Waals surface area contributed by atoms with E-state index in [1.807, 2.05) is 0 Å². The summed E-state index contributed by atoms with van der Waals surface area (Å²) in [5, 5.41) is 3.30. The van der Waals surface area contributed by atoms with Crippen LogP contribution in [0.15, 0.2) is 18.2 Å². The van der Waals surface area contributed by atoms with Gasteiger partial charge in [-0.05, 0) is 37.8 Å². The molecule has 3 heteroatoms. The van der Waals surface area contributed by atoms with E-state index in [-0.39, 0.29) is 12.1 Å². The lowest BCUT2D eigenvalue weighted by Crippen LogP contribution is -2.33. The van der Waals surface area contributed by atoms with E-state index in [0.29, 0.717) is 12.0 Å². The topological polar surface area (TPSA) is 12.0 Å². The Balaban J connectivity index is 1.90. The van der Waals surface area contributed by atoms with Gasteiger partial charge in [0.25, 0.3) is 0 Å². The van der Waals surface area contributed by atoms with Crippen LogP contribution in [0.2, 0.25) is 0 Å². The summed E-state index contributed by atoms with van der Waals surface area (Å²) in [6.07, 6.45) is 7.67. The van der Waals surface area contributed by atoms with Gasteiger partial charge in [0.1, 0.15) is 11.6 Å². The first-order chi connectivity index (χ1) is 9.18. The summed E-state index contributed by atoms with van der Waals surface area (Å²) in [6.45, 7) is 2.41. The highest BCUT2D eigenvalue weighted by atomic mass is 19.1. The van der Waals surface area contributed by atoms with E-state index < -0.39 is 11.6 Å². The van der Waals surface area contributed by atoms with Crippen LogP contribution in [0.1, 0.15) is 51.0 Å². The van der Waals surface area contributed by atoms with E-state index in [2.05, 4.69) is 12.2 Å². The summed E-state index contributed by atoms with van der Waals surface area (Å²) in [6, 6.07) is 4.35. The van der Waals surface area contributed by atoms with Crippen molar-refractivity contribution in [1.82, 2.24) is 5.32 Å². The number of halogens is 2. The molecule has 1 aliphatic carbocycles. The van der Waals surface area contributed by atoms with Crippen molar-refractivity contribution in [1.29, 1.82) is 0 Å². The summed E-state index contributed by atoms with van der Waals surface area (Å²) < 4.78 is 27.1. The fourth-order valence-electron chi connectivity index (χ4n) is 2.94. The lowest BCUT2D eigenvalue weighted by atomic mass is 9.93. The first-order valence-electron chi connectivity index (χ1n) is 7.34. The molecule has 0 unspecified atom stereocenters. The minimum atomic E-state index is -0.458. The van der Waals surface area contributed by atoms with Gasteiger partial charge in [-0.2, -0.15) is 0 Å². The third-order valence-corrected chi connectivity index (χ3v) is 4.27. The van der Waals surface area contributed by atoms with Gasteiger partial charge in [-0.25, -0.2) is 8.78 Å². The average Bonchev–Trinajstić information content (AvgIpc) is 2.66. The molecular formula is C16H23F2N. The molecule has 0 heterocycles. The van der Waals surface area contributed by atoms with Gasteiger partial charge < -0.3 is 5.32 Å². The van der Waals surface area contributed by atoms with Crippen LogP contribution in [-0.2, 0) is 6.54 Å². The van der Waals surface area contributed by atoms with E-state index in [4.69, 9.17) is 0 Å². The van der Waals surface area contributed by atoms with Gasteiger partial charge in [-0.3, -0.25) is 0 Å². The van der Waals surface area contributed by atoms with E-state index in [0.717, 1.165) is 0 Å². The second-order valence-electron chi connectivity index (χ2n) is 5.62. The molecule has 1 aliphatic rings. The van der Waals surface area contributed by atoms with Crippen LogP contribution in [0.4, 0.5) is 8.78 Å². The summed E-state index contributed by atoms with van der Waals surface area (Å²) in [5.74, 6) is -0.279. The molecule has 0 radical (unpaired) electrons. The number of hydrogen-bond donors (Lipinski definition) is 1. The van der Waals surface area contributed by atoms with E-state index >= 15 is 0 Å². The zero-order chi connectivity index (χ0) is 13.7. The molecule has 0 aliphatic heterocycles. The number of hydrogen-bond acceptors (Lipinski definition) is 1. The highest BCUT2D eigenvalue weighted by Gasteiger charge is 2.19. The molecule has 2 rings (SSSR count). The summed E-state index contributed by atoms with van der Waals surface area (Å²) >= 11 is 0. The molecule has 0 aromatic heterocycles. The van der Waals surface area contributed by atoms with Crippen molar-refractivity contribution in [3.8, 4) is 0 Å². The SMILES string of the molecule is C[C@@H](NCc1c(F)cccc1F)C1CCCCCC1. The fourth-order valence-corrected chi connectivity index (χ4v) is 2.94. The molecular weight excluding hydrogens is 244 g/mol. The molecule has 1 aromatic rings. The molecule has 0 amide bonds. The van der Waals surface area contributed by atoms with Crippen molar-refractivity contribution >= 4 is 0 Å². The zero-order valence-corrected chi connectivity index (χ0v) is 11.6. The molecule has 1 saturated carbocycles. The lowest BCUT2D eigenvalue weighted by molar-refractivity contribution is 0.333. The van der Waals surface area contributed by atoms with Crippen LogP contribution >= 0.6 is 0 Å². The Bertz CT molecular complexity index is 377. The van der Waals surface area contributed by atoms with Gasteiger partial charge in [-0.15, -0.1) is 0 Å². The minimum absolute atomic E-state index is 0.156. The fraction of sp³-hybridized carbons (Fsp3) is 0.625. The van der Waals surface area contributed by atoms with Crippen molar-refractivity contribution in [3.63, 3.8) is 0 Å². The Labute approximate surface area is 114 Å². The maximum absolute atomic E-state index is 13.5. The maximum atomic E-state index is 13.5. The maximum Gasteiger partial charge on any atom is 0.130 e. The van der Waals surface area contributed by atoms with Crippen LogP contribution in [0.3, 0.4) is 0 Å². The Kier molecular flexibility index (Phi) is 5.32. The third kappa shape index (κ3) is 4.00. The molecule has 0 spiro atoms. The first-order valence-corrected chi connectivity index (χ1v) is 7.34. The minimum Gasteiger partial charge on any atom is -0.310 e. The third-order valence-electron chi connectivity index (χ3n) is 4.27. The summed E-state index contributed by atoms with van der Waals surface area (Å²) in [4.78, 5) is 0. The predicted octanol–water partition coefficient (Wildman–Crippen LogP) is 4.41. The molecule has 1 atom stereocenters. The molecule has 19 heavy (non-hydrogen) atoms. The lowest BCUT2D eigenvalue weighted by Gasteiger charge is -2.24. The van der Waals surface area contributed by atoms with Gasteiger partial charge in [0.15, 0.2) is 0 Å². The number of rotatable bonds is 4. The van der Waals surface area contributed by atoms with Crippen LogP contribution in [0, 0.1) is 17.6 Å². The van der Waals surface area contributed by atoms with Crippen molar-refractivity contribution < 1.29 is 8.78 Å². The molecule has 1 N–H and O–H groups in total. The van der Waals surface area contributed by atoms with Crippen molar-refractivity contribution in [2.75, 3.05) is 0 Å². The van der Waals surface area contributed by atoms with Gasteiger partial charge in [0.2, 0.25) is 0 Å². The quantitative estimate of drug-likeness (QED) is 0.797. The smallest absolute Gasteiger partial charge is 0.130 e. The molecule has 1 nitrogen and oxygen atoms in total. The first kappa shape index (κ1) is 14.4. The molecule has 0 bridgehead atoms. The molecule has 1 fully saturated rings. The zero-order valence-electron chi connectivity index (χ0n) is 11.6. The standard InChI is InChI=1S/C16H23F2N/c1-12(13-7-4-2-3-5-8-13)19-11-14-15(17)9-6-10-16(14)18/h6,9-10,12-13,19H,2-5,7-8,11H2,1H3/t12-/m1/s1. The molecule has 106 valence electrons. The van der Waals surface area contributed by atoms with E-state index in [1.165, 1.54) is 56.7 Å². The Morgan fingerprint density at radius 1 is 1.11 bits per heavy atom. The molecule has 0 saturated heterocycles. The number of benzene rings is 1.